The van der Waals surface area contributed by atoms with Crippen molar-refractivity contribution >= 4 is 35.0 Å². The van der Waals surface area contributed by atoms with Crippen LogP contribution in [0.2, 0.25) is 10.0 Å². The third-order valence-corrected chi connectivity index (χ3v) is 9.55. The van der Waals surface area contributed by atoms with E-state index in [2.05, 4.69) is 18.9 Å². The summed E-state index contributed by atoms with van der Waals surface area (Å²) in [6.07, 6.45) is 5.77. The summed E-state index contributed by atoms with van der Waals surface area (Å²) >= 11 is 12.6. The Morgan fingerprint density at radius 2 is 1.86 bits per heavy atom. The van der Waals surface area contributed by atoms with Gasteiger partial charge in [0.15, 0.2) is 0 Å². The number of hydrogen-bond acceptors (Lipinski definition) is 5. The van der Waals surface area contributed by atoms with Gasteiger partial charge in [-0.1, -0.05) is 36.2 Å². The molecule has 0 bridgehead atoms. The van der Waals surface area contributed by atoms with Gasteiger partial charge in [0.25, 0.3) is 0 Å². The van der Waals surface area contributed by atoms with Crippen LogP contribution in [0.1, 0.15) is 56.9 Å². The third kappa shape index (κ3) is 6.11. The minimum atomic E-state index is -0.150. The standard InChI is InChI=1S/C28H39Cl2N3O4/c1-28(9-10-28)27(35)32-11-7-19(8-12-32)26(34)33-15-22(20-5-6-23(29)24(30)14-20)25(16-33)31(2)18-36-17-21-4-3-13-37-21/h5-6,14,19,21-22,25H,3-4,7-13,15-18H2,1-2H3/t21?,22-,25+/m1/s1. The maximum Gasteiger partial charge on any atom is 0.228 e. The molecule has 2 amide bonds. The van der Waals surface area contributed by atoms with Gasteiger partial charge in [-0.2, -0.15) is 0 Å². The van der Waals surface area contributed by atoms with Crippen LogP contribution in [0, 0.1) is 11.3 Å². The summed E-state index contributed by atoms with van der Waals surface area (Å²) in [4.78, 5) is 32.6. The Hall–Kier alpha value is -1.38. The van der Waals surface area contributed by atoms with Gasteiger partial charge in [0.2, 0.25) is 11.8 Å². The fourth-order valence-electron chi connectivity index (χ4n) is 6.05. The summed E-state index contributed by atoms with van der Waals surface area (Å²) in [7, 11) is 2.06. The first kappa shape index (κ1) is 27.2. The van der Waals surface area contributed by atoms with Crippen molar-refractivity contribution in [3.63, 3.8) is 0 Å². The molecule has 1 aromatic rings. The number of piperidine rings is 1. The van der Waals surface area contributed by atoms with Crippen molar-refractivity contribution in [3.05, 3.63) is 33.8 Å². The number of benzene rings is 1. The molecule has 0 spiro atoms. The van der Waals surface area contributed by atoms with E-state index in [4.69, 9.17) is 32.7 Å². The van der Waals surface area contributed by atoms with E-state index in [0.717, 1.165) is 50.7 Å². The number of halogens is 2. The number of carbonyl (C=O) groups is 2. The van der Waals surface area contributed by atoms with Crippen LogP contribution in [0.5, 0.6) is 0 Å². The van der Waals surface area contributed by atoms with Crippen LogP contribution in [0.3, 0.4) is 0 Å². The molecule has 4 fully saturated rings. The van der Waals surface area contributed by atoms with Gasteiger partial charge in [0, 0.05) is 56.1 Å². The molecule has 0 aromatic heterocycles. The average Bonchev–Trinajstić information content (AvgIpc) is 3.27. The van der Waals surface area contributed by atoms with Crippen molar-refractivity contribution in [1.82, 2.24) is 14.7 Å². The largest absolute Gasteiger partial charge is 0.376 e. The molecule has 0 N–H and O–H groups in total. The van der Waals surface area contributed by atoms with Crippen molar-refractivity contribution in [3.8, 4) is 0 Å². The highest BCUT2D eigenvalue weighted by Gasteiger charge is 2.48. The molecule has 3 aliphatic heterocycles. The third-order valence-electron chi connectivity index (χ3n) is 8.81. The first-order valence-corrected chi connectivity index (χ1v) is 14.4. The number of amides is 2. The predicted octanol–water partition coefficient (Wildman–Crippen LogP) is 4.41. The molecule has 7 nitrogen and oxygen atoms in total. The van der Waals surface area contributed by atoms with Gasteiger partial charge in [-0.15, -0.1) is 0 Å². The van der Waals surface area contributed by atoms with E-state index in [1.807, 2.05) is 28.0 Å². The molecule has 3 saturated heterocycles. The summed E-state index contributed by atoms with van der Waals surface area (Å²) in [6, 6.07) is 5.88. The molecule has 9 heteroatoms. The zero-order chi connectivity index (χ0) is 26.2. The second-order valence-corrected chi connectivity index (χ2v) is 12.4. The van der Waals surface area contributed by atoms with Gasteiger partial charge in [0.05, 0.1) is 29.5 Å². The Bertz CT molecular complexity index is 990. The van der Waals surface area contributed by atoms with Gasteiger partial charge in [0.1, 0.15) is 0 Å². The molecule has 3 heterocycles. The lowest BCUT2D eigenvalue weighted by Crippen LogP contribution is -2.46. The zero-order valence-corrected chi connectivity index (χ0v) is 23.5. The first-order valence-electron chi connectivity index (χ1n) is 13.7. The predicted molar refractivity (Wildman–Crippen MR) is 144 cm³/mol. The fraction of sp³-hybridized carbons (Fsp3) is 0.714. The van der Waals surface area contributed by atoms with E-state index >= 15 is 0 Å². The lowest BCUT2D eigenvalue weighted by molar-refractivity contribution is -0.142. The summed E-state index contributed by atoms with van der Waals surface area (Å²) in [5.41, 5.74) is 0.932. The smallest absolute Gasteiger partial charge is 0.228 e. The normalized spacial score (nSPS) is 27.8. The molecular formula is C28H39Cl2N3O4. The van der Waals surface area contributed by atoms with Gasteiger partial charge in [-0.25, -0.2) is 0 Å². The number of likely N-dealkylation sites (tertiary alicyclic amines) is 2. The van der Waals surface area contributed by atoms with Crippen LogP contribution in [-0.2, 0) is 19.1 Å². The summed E-state index contributed by atoms with van der Waals surface area (Å²) in [5.74, 6) is 0.534. The van der Waals surface area contributed by atoms with Crippen LogP contribution >= 0.6 is 23.2 Å². The van der Waals surface area contributed by atoms with Crippen LogP contribution in [0.25, 0.3) is 0 Å². The van der Waals surface area contributed by atoms with Crippen molar-refractivity contribution < 1.29 is 19.1 Å². The Morgan fingerprint density at radius 3 is 2.51 bits per heavy atom. The van der Waals surface area contributed by atoms with Gasteiger partial charge in [-0.3, -0.25) is 14.5 Å². The summed E-state index contributed by atoms with van der Waals surface area (Å²) in [6.45, 7) is 6.56. The first-order chi connectivity index (χ1) is 17.7. The Kier molecular flexibility index (Phi) is 8.37. The fourth-order valence-corrected chi connectivity index (χ4v) is 6.36. The molecule has 1 unspecified atom stereocenters. The molecule has 1 aromatic carbocycles. The second kappa shape index (κ2) is 11.4. The molecule has 5 rings (SSSR count). The Labute approximate surface area is 230 Å². The van der Waals surface area contributed by atoms with Gasteiger partial charge in [-0.05, 0) is 63.3 Å². The summed E-state index contributed by atoms with van der Waals surface area (Å²) in [5, 5.41) is 1.06. The number of rotatable bonds is 8. The van der Waals surface area contributed by atoms with E-state index < -0.39 is 0 Å². The SMILES string of the molecule is CN(COCC1CCCO1)[C@H]1CN(C(=O)C2CCN(C(=O)C3(C)CC3)CC2)C[C@@H]1c1ccc(Cl)c(Cl)c1. The van der Waals surface area contributed by atoms with E-state index in [-0.39, 0.29) is 41.2 Å². The maximum absolute atomic E-state index is 13.6. The Balaban J connectivity index is 1.22. The number of likely N-dealkylation sites (N-methyl/N-ethyl adjacent to an activating group) is 1. The number of hydrogen-bond donors (Lipinski definition) is 0. The second-order valence-electron chi connectivity index (χ2n) is 11.6. The summed E-state index contributed by atoms with van der Waals surface area (Å²) < 4.78 is 11.7. The van der Waals surface area contributed by atoms with E-state index in [1.165, 1.54) is 0 Å². The van der Waals surface area contributed by atoms with E-state index in [9.17, 15) is 9.59 Å². The van der Waals surface area contributed by atoms with Crippen LogP contribution in [-0.4, -0.2) is 91.8 Å². The van der Waals surface area contributed by atoms with Crippen molar-refractivity contribution in [2.75, 3.05) is 53.2 Å². The Morgan fingerprint density at radius 1 is 1.11 bits per heavy atom. The molecule has 1 aliphatic carbocycles. The number of nitrogens with zero attached hydrogens (tertiary/aromatic N) is 3. The molecule has 0 radical (unpaired) electrons. The zero-order valence-electron chi connectivity index (χ0n) is 22.0. The topological polar surface area (TPSA) is 62.3 Å². The monoisotopic (exact) mass is 551 g/mol. The molecule has 1 saturated carbocycles. The minimum absolute atomic E-state index is 0.0367. The van der Waals surface area contributed by atoms with Gasteiger partial charge < -0.3 is 19.3 Å². The molecule has 204 valence electrons. The van der Waals surface area contributed by atoms with Crippen LogP contribution in [0.4, 0.5) is 0 Å². The average molecular weight is 553 g/mol. The van der Waals surface area contributed by atoms with E-state index in [0.29, 0.717) is 49.6 Å². The lowest BCUT2D eigenvalue weighted by Gasteiger charge is -2.34. The van der Waals surface area contributed by atoms with Crippen molar-refractivity contribution in [2.24, 2.45) is 11.3 Å². The lowest BCUT2D eigenvalue weighted by atomic mass is 9.93. The van der Waals surface area contributed by atoms with Crippen molar-refractivity contribution in [2.45, 2.75) is 63.5 Å². The maximum atomic E-state index is 13.6. The number of ether oxygens (including phenoxy) is 2. The highest BCUT2D eigenvalue weighted by molar-refractivity contribution is 6.42. The molecule has 4 aliphatic rings. The van der Waals surface area contributed by atoms with E-state index in [1.54, 1.807) is 0 Å². The minimum Gasteiger partial charge on any atom is -0.376 e. The van der Waals surface area contributed by atoms with Crippen LogP contribution < -0.4 is 0 Å². The van der Waals surface area contributed by atoms with Gasteiger partial charge >= 0.3 is 0 Å². The highest BCUT2D eigenvalue weighted by Crippen LogP contribution is 2.47. The van der Waals surface area contributed by atoms with Crippen LogP contribution in [0.15, 0.2) is 18.2 Å². The quantitative estimate of drug-likeness (QED) is 0.448. The molecule has 37 heavy (non-hydrogen) atoms. The van der Waals surface area contributed by atoms with Crippen molar-refractivity contribution in [1.29, 1.82) is 0 Å². The highest BCUT2D eigenvalue weighted by atomic mass is 35.5. The molecule has 3 atom stereocenters. The molecular weight excluding hydrogens is 513 g/mol. The number of carbonyl (C=O) groups excluding carboxylic acids is 2.